The van der Waals surface area contributed by atoms with Gasteiger partial charge in [-0.05, 0) is 26.0 Å². The van der Waals surface area contributed by atoms with Crippen LogP contribution < -0.4 is 8.43 Å². The number of nitrogens with one attached hydrogen (secondary N) is 1. The lowest BCUT2D eigenvalue weighted by atomic mass is 10.1. The minimum absolute atomic E-state index is 0.466. The zero-order valence-corrected chi connectivity index (χ0v) is 9.82. The minimum Gasteiger partial charge on any atom is -0.377 e. The first-order valence-corrected chi connectivity index (χ1v) is 5.33. The fourth-order valence-electron chi connectivity index (χ4n) is 1.43. The van der Waals surface area contributed by atoms with Gasteiger partial charge in [-0.1, -0.05) is 0 Å². The van der Waals surface area contributed by atoms with E-state index in [1.807, 2.05) is 12.3 Å². The molecule has 0 aliphatic carbocycles. The molecule has 0 spiro atoms. The second kappa shape index (κ2) is 3.32. The molecular weight excluding hydrogens is 277 g/mol. The normalized spacial score (nSPS) is 26.5. The van der Waals surface area contributed by atoms with Crippen LogP contribution in [0.25, 0.3) is 0 Å². The average Bonchev–Trinajstić information content (AvgIpc) is 2.15. The molecule has 1 aromatic heterocycles. The largest absolute Gasteiger partial charge is 0.377 e. The van der Waals surface area contributed by atoms with Crippen LogP contribution in [0.15, 0.2) is 18.3 Å². The molecule has 1 aromatic rings. The van der Waals surface area contributed by atoms with Crippen molar-refractivity contribution in [3.8, 4) is 0 Å². The Kier molecular flexibility index (Phi) is 2.31. The molecule has 1 N–H and O–H groups in total. The number of hydrogen-bond donors (Lipinski definition) is 1. The van der Waals surface area contributed by atoms with Crippen molar-refractivity contribution < 1.29 is 0 Å². The maximum absolute atomic E-state index is 4.34. The zero-order chi connectivity index (χ0) is 9.42. The lowest BCUT2D eigenvalue weighted by molar-refractivity contribution is 0.634. The fraction of sp³-hybridized carbons (Fsp3) is 0.444. The van der Waals surface area contributed by atoms with E-state index in [4.69, 9.17) is 0 Å². The summed E-state index contributed by atoms with van der Waals surface area (Å²) in [5.74, 6) is 1.04. The molecule has 0 fully saturated rings. The lowest BCUT2D eigenvalue weighted by Gasteiger charge is -2.36. The van der Waals surface area contributed by atoms with Crippen LogP contribution in [0.3, 0.4) is 0 Å². The van der Waals surface area contributed by atoms with Gasteiger partial charge in [0.25, 0.3) is 0 Å². The molecule has 2 rings (SSSR count). The molecule has 2 atom stereocenters. The van der Waals surface area contributed by atoms with Crippen LogP contribution in [0.4, 0.5) is 11.5 Å². The van der Waals surface area contributed by atoms with E-state index in [2.05, 4.69) is 56.2 Å². The Morgan fingerprint density at radius 2 is 2.31 bits per heavy atom. The first-order chi connectivity index (χ1) is 6.20. The van der Waals surface area contributed by atoms with Gasteiger partial charge in [-0.25, -0.2) is 4.98 Å². The summed E-state index contributed by atoms with van der Waals surface area (Å²) in [7, 11) is 0. The van der Waals surface area contributed by atoms with Crippen molar-refractivity contribution in [2.75, 3.05) is 8.43 Å². The predicted octanol–water partition coefficient (Wildman–Crippen LogP) is 2.44. The SMILES string of the molecule is CC1Nc2cccnc2N(I)C1C. The summed E-state index contributed by atoms with van der Waals surface area (Å²) in [6.45, 7) is 4.38. The molecular formula is C9H12IN3. The number of nitrogens with zero attached hydrogens (tertiary/aromatic N) is 2. The monoisotopic (exact) mass is 289 g/mol. The van der Waals surface area contributed by atoms with E-state index in [1.54, 1.807) is 0 Å². The van der Waals surface area contributed by atoms with Gasteiger partial charge in [-0.3, -0.25) is 3.11 Å². The van der Waals surface area contributed by atoms with Gasteiger partial charge in [0.05, 0.1) is 34.6 Å². The quantitative estimate of drug-likeness (QED) is 0.587. The Labute approximate surface area is 92.0 Å². The summed E-state index contributed by atoms with van der Waals surface area (Å²) < 4.78 is 2.19. The second-order valence-corrected chi connectivity index (χ2v) is 4.40. The first kappa shape index (κ1) is 9.05. The fourth-order valence-corrected chi connectivity index (χ4v) is 2.30. The van der Waals surface area contributed by atoms with Crippen molar-refractivity contribution in [3.05, 3.63) is 18.3 Å². The van der Waals surface area contributed by atoms with Crippen molar-refractivity contribution in [1.29, 1.82) is 0 Å². The molecule has 2 unspecified atom stereocenters. The third-order valence-electron chi connectivity index (χ3n) is 2.45. The van der Waals surface area contributed by atoms with Crippen LogP contribution in [-0.4, -0.2) is 17.1 Å². The maximum atomic E-state index is 4.34. The molecule has 3 nitrogen and oxygen atoms in total. The molecule has 0 aromatic carbocycles. The van der Waals surface area contributed by atoms with Gasteiger partial charge in [-0.15, -0.1) is 0 Å². The summed E-state index contributed by atoms with van der Waals surface area (Å²) in [5.41, 5.74) is 1.13. The molecule has 13 heavy (non-hydrogen) atoms. The molecule has 70 valence electrons. The minimum atomic E-state index is 0.466. The smallest absolute Gasteiger partial charge is 0.161 e. The molecule has 0 amide bonds. The van der Waals surface area contributed by atoms with E-state index >= 15 is 0 Å². The van der Waals surface area contributed by atoms with Crippen molar-refractivity contribution in [2.24, 2.45) is 0 Å². The molecule has 2 heterocycles. The zero-order valence-electron chi connectivity index (χ0n) is 7.66. The Morgan fingerprint density at radius 3 is 3.08 bits per heavy atom. The number of rotatable bonds is 0. The number of halogens is 1. The Balaban J connectivity index is 2.43. The first-order valence-electron chi connectivity index (χ1n) is 4.36. The summed E-state index contributed by atoms with van der Waals surface area (Å²) >= 11 is 2.32. The highest BCUT2D eigenvalue weighted by Crippen LogP contribution is 2.33. The van der Waals surface area contributed by atoms with E-state index in [1.165, 1.54) is 0 Å². The third-order valence-corrected chi connectivity index (χ3v) is 3.79. The molecule has 0 saturated heterocycles. The van der Waals surface area contributed by atoms with E-state index in [0.29, 0.717) is 12.1 Å². The topological polar surface area (TPSA) is 28.2 Å². The number of fused-ring (bicyclic) bond motifs is 1. The molecule has 0 saturated carbocycles. The van der Waals surface area contributed by atoms with Crippen molar-refractivity contribution in [3.63, 3.8) is 0 Å². The van der Waals surface area contributed by atoms with Gasteiger partial charge in [0.2, 0.25) is 0 Å². The van der Waals surface area contributed by atoms with Gasteiger partial charge in [-0.2, -0.15) is 0 Å². The highest BCUT2D eigenvalue weighted by atomic mass is 127. The number of anilines is 2. The standard InChI is InChI=1S/C9H12IN3/c1-6-7(2)13(10)9-8(12-6)4-3-5-11-9/h3-7,12H,1-2H3. The van der Waals surface area contributed by atoms with Gasteiger partial charge >= 0.3 is 0 Å². The predicted molar refractivity (Wildman–Crippen MR) is 63.3 cm³/mol. The second-order valence-electron chi connectivity index (χ2n) is 3.36. The highest BCUT2D eigenvalue weighted by molar-refractivity contribution is 14.1. The Bertz CT molecular complexity index is 315. The maximum Gasteiger partial charge on any atom is 0.161 e. The molecule has 0 bridgehead atoms. The van der Waals surface area contributed by atoms with Crippen LogP contribution in [0.2, 0.25) is 0 Å². The van der Waals surface area contributed by atoms with E-state index < -0.39 is 0 Å². The van der Waals surface area contributed by atoms with Crippen molar-refractivity contribution in [1.82, 2.24) is 4.98 Å². The van der Waals surface area contributed by atoms with Gasteiger partial charge in [0.15, 0.2) is 5.82 Å². The average molecular weight is 289 g/mol. The van der Waals surface area contributed by atoms with Crippen molar-refractivity contribution in [2.45, 2.75) is 25.9 Å². The Hall–Kier alpha value is -0.520. The summed E-state index contributed by atoms with van der Waals surface area (Å²) in [6.07, 6.45) is 1.83. The van der Waals surface area contributed by atoms with Crippen LogP contribution in [0.1, 0.15) is 13.8 Å². The summed E-state index contributed by atoms with van der Waals surface area (Å²) in [6, 6.07) is 4.96. The highest BCUT2D eigenvalue weighted by Gasteiger charge is 2.27. The van der Waals surface area contributed by atoms with Crippen LogP contribution in [0.5, 0.6) is 0 Å². The van der Waals surface area contributed by atoms with Gasteiger partial charge < -0.3 is 5.32 Å². The van der Waals surface area contributed by atoms with E-state index in [-0.39, 0.29) is 0 Å². The number of hydrogen-bond acceptors (Lipinski definition) is 3. The lowest BCUT2D eigenvalue weighted by Crippen LogP contribution is -2.43. The third kappa shape index (κ3) is 1.47. The van der Waals surface area contributed by atoms with E-state index in [9.17, 15) is 0 Å². The molecule has 1 aliphatic heterocycles. The summed E-state index contributed by atoms with van der Waals surface area (Å²) in [4.78, 5) is 4.34. The van der Waals surface area contributed by atoms with Crippen LogP contribution >= 0.6 is 22.9 Å². The molecule has 1 aliphatic rings. The summed E-state index contributed by atoms with van der Waals surface area (Å²) in [5, 5.41) is 3.43. The Morgan fingerprint density at radius 1 is 1.54 bits per heavy atom. The van der Waals surface area contributed by atoms with Crippen molar-refractivity contribution >= 4 is 34.4 Å². The van der Waals surface area contributed by atoms with Crippen LogP contribution in [-0.2, 0) is 0 Å². The molecule has 4 heteroatoms. The van der Waals surface area contributed by atoms with E-state index in [0.717, 1.165) is 11.5 Å². The number of pyridine rings is 1. The van der Waals surface area contributed by atoms with Gasteiger partial charge in [0.1, 0.15) is 0 Å². The number of aromatic nitrogens is 1. The molecule has 0 radical (unpaired) electrons. The van der Waals surface area contributed by atoms with Crippen LogP contribution in [0, 0.1) is 0 Å². The van der Waals surface area contributed by atoms with Gasteiger partial charge in [0, 0.05) is 12.2 Å².